The Balaban J connectivity index is 1.38. The average Bonchev–Trinajstić information content (AvgIpc) is 3.10. The number of anilines is 1. The Morgan fingerprint density at radius 2 is 2.07 bits per heavy atom. The van der Waals surface area contributed by atoms with Crippen molar-refractivity contribution in [3.63, 3.8) is 0 Å². The van der Waals surface area contributed by atoms with Crippen LogP contribution in [0.5, 0.6) is 5.75 Å². The molecule has 1 amide bonds. The van der Waals surface area contributed by atoms with Crippen molar-refractivity contribution in [2.75, 3.05) is 31.6 Å². The zero-order chi connectivity index (χ0) is 18.8. The first-order valence-corrected chi connectivity index (χ1v) is 9.38. The molecule has 0 aromatic heterocycles. The van der Waals surface area contributed by atoms with Crippen molar-refractivity contribution >= 4 is 11.6 Å². The highest BCUT2D eigenvalue weighted by Gasteiger charge is 2.38. The summed E-state index contributed by atoms with van der Waals surface area (Å²) in [5.41, 5.74) is 3.99. The molecule has 2 aromatic rings. The van der Waals surface area contributed by atoms with Gasteiger partial charge in [0.15, 0.2) is 0 Å². The second-order valence-electron chi connectivity index (χ2n) is 7.43. The second kappa shape index (κ2) is 7.42. The van der Waals surface area contributed by atoms with Gasteiger partial charge in [0.1, 0.15) is 5.75 Å². The molecule has 5 nitrogen and oxygen atoms in total. The summed E-state index contributed by atoms with van der Waals surface area (Å²) >= 11 is 0. The van der Waals surface area contributed by atoms with Gasteiger partial charge in [-0.05, 0) is 42.3 Å². The van der Waals surface area contributed by atoms with E-state index >= 15 is 0 Å². The number of carbonyl (C=O) groups is 1. The lowest BCUT2D eigenvalue weighted by Crippen LogP contribution is -2.25. The number of nitrogens with zero attached hydrogens (tertiary/aromatic N) is 2. The Kier molecular flexibility index (Phi) is 4.83. The molecular weight excluding hydrogens is 338 g/mol. The molecular formula is C22H23N3O2. The molecule has 0 saturated carbocycles. The minimum absolute atomic E-state index is 0.0514. The highest BCUT2D eigenvalue weighted by Crippen LogP contribution is 2.41. The number of rotatable bonds is 4. The van der Waals surface area contributed by atoms with Gasteiger partial charge in [-0.25, -0.2) is 0 Å². The zero-order valence-corrected chi connectivity index (χ0v) is 15.4. The fourth-order valence-electron chi connectivity index (χ4n) is 4.15. The number of nitriles is 1. The minimum atomic E-state index is -0.0514. The highest BCUT2D eigenvalue weighted by molar-refractivity contribution is 5.88. The topological polar surface area (TPSA) is 65.4 Å². The molecule has 0 radical (unpaired) electrons. The van der Waals surface area contributed by atoms with E-state index in [1.165, 1.54) is 18.1 Å². The number of fused-ring (bicyclic) bond motifs is 3. The van der Waals surface area contributed by atoms with E-state index in [0.717, 1.165) is 44.1 Å². The molecule has 1 fully saturated rings. The Labute approximate surface area is 159 Å². The van der Waals surface area contributed by atoms with Gasteiger partial charge >= 0.3 is 0 Å². The molecule has 138 valence electrons. The van der Waals surface area contributed by atoms with Crippen molar-refractivity contribution in [2.24, 2.45) is 5.92 Å². The van der Waals surface area contributed by atoms with Crippen molar-refractivity contribution in [1.29, 1.82) is 5.26 Å². The Hall–Kier alpha value is -2.84. The summed E-state index contributed by atoms with van der Waals surface area (Å²) in [7, 11) is 0. The van der Waals surface area contributed by atoms with Gasteiger partial charge in [-0.2, -0.15) is 5.26 Å². The maximum Gasteiger partial charge on any atom is 0.221 e. The van der Waals surface area contributed by atoms with E-state index in [-0.39, 0.29) is 5.91 Å². The molecule has 2 heterocycles. The molecule has 27 heavy (non-hydrogen) atoms. The molecule has 1 N–H and O–H groups in total. The monoisotopic (exact) mass is 361 g/mol. The normalized spacial score (nSPS) is 20.9. The Bertz CT molecular complexity index is 885. The van der Waals surface area contributed by atoms with Crippen LogP contribution in [0.3, 0.4) is 0 Å². The molecule has 2 atom stereocenters. The number of carbonyl (C=O) groups excluding carboxylic acids is 1. The van der Waals surface area contributed by atoms with Crippen molar-refractivity contribution in [2.45, 2.75) is 19.3 Å². The summed E-state index contributed by atoms with van der Waals surface area (Å²) in [6.07, 6.45) is 0.978. The van der Waals surface area contributed by atoms with Gasteiger partial charge in [0.25, 0.3) is 0 Å². The SMILES string of the molecule is CC(=O)Nc1ccc(CCN2C[C@H]3COc4ccc(C#N)cc4[C@@H]3C2)cc1. The smallest absolute Gasteiger partial charge is 0.221 e. The van der Waals surface area contributed by atoms with E-state index in [4.69, 9.17) is 4.74 Å². The van der Waals surface area contributed by atoms with Gasteiger partial charge in [0, 0.05) is 49.6 Å². The van der Waals surface area contributed by atoms with Crippen LogP contribution in [0.1, 0.15) is 29.5 Å². The van der Waals surface area contributed by atoms with E-state index < -0.39 is 0 Å². The van der Waals surface area contributed by atoms with Crippen LogP contribution in [0.15, 0.2) is 42.5 Å². The number of hydrogen-bond acceptors (Lipinski definition) is 4. The van der Waals surface area contributed by atoms with E-state index in [2.05, 4.69) is 28.4 Å². The molecule has 4 rings (SSSR count). The summed E-state index contributed by atoms with van der Waals surface area (Å²) in [4.78, 5) is 13.6. The number of benzene rings is 2. The summed E-state index contributed by atoms with van der Waals surface area (Å²) in [6, 6.07) is 16.1. The number of hydrogen-bond donors (Lipinski definition) is 1. The lowest BCUT2D eigenvalue weighted by atomic mass is 9.86. The first kappa shape index (κ1) is 17.6. The summed E-state index contributed by atoms with van der Waals surface area (Å²) in [5, 5.41) is 12.0. The quantitative estimate of drug-likeness (QED) is 0.908. The summed E-state index contributed by atoms with van der Waals surface area (Å²) in [5.74, 6) is 1.83. The van der Waals surface area contributed by atoms with Crippen molar-refractivity contribution in [3.8, 4) is 11.8 Å². The molecule has 0 unspecified atom stereocenters. The number of ether oxygens (including phenoxy) is 1. The van der Waals surface area contributed by atoms with Crippen LogP contribution >= 0.6 is 0 Å². The maximum atomic E-state index is 11.1. The molecule has 5 heteroatoms. The van der Waals surface area contributed by atoms with Gasteiger partial charge in [-0.3, -0.25) is 4.79 Å². The molecule has 0 aliphatic carbocycles. The predicted molar refractivity (Wildman–Crippen MR) is 104 cm³/mol. The minimum Gasteiger partial charge on any atom is -0.493 e. The van der Waals surface area contributed by atoms with Gasteiger partial charge in [-0.1, -0.05) is 12.1 Å². The van der Waals surface area contributed by atoms with Crippen molar-refractivity contribution in [1.82, 2.24) is 4.90 Å². The third kappa shape index (κ3) is 3.81. The van der Waals surface area contributed by atoms with Crippen LogP contribution < -0.4 is 10.1 Å². The summed E-state index contributed by atoms with van der Waals surface area (Å²) < 4.78 is 5.92. The van der Waals surface area contributed by atoms with Gasteiger partial charge < -0.3 is 15.0 Å². The first-order chi connectivity index (χ1) is 13.1. The Morgan fingerprint density at radius 3 is 2.81 bits per heavy atom. The lowest BCUT2D eigenvalue weighted by Gasteiger charge is -2.27. The van der Waals surface area contributed by atoms with Crippen LogP contribution in [-0.2, 0) is 11.2 Å². The van der Waals surface area contributed by atoms with E-state index in [1.807, 2.05) is 30.3 Å². The Morgan fingerprint density at radius 1 is 1.26 bits per heavy atom. The van der Waals surface area contributed by atoms with Crippen molar-refractivity contribution in [3.05, 3.63) is 59.2 Å². The molecule has 2 aliphatic rings. The summed E-state index contributed by atoms with van der Waals surface area (Å²) in [6.45, 7) is 5.32. The van der Waals surface area contributed by atoms with Crippen molar-refractivity contribution < 1.29 is 9.53 Å². The lowest BCUT2D eigenvalue weighted by molar-refractivity contribution is -0.114. The fourth-order valence-corrected chi connectivity index (χ4v) is 4.15. The second-order valence-corrected chi connectivity index (χ2v) is 7.43. The number of likely N-dealkylation sites (tertiary alicyclic amines) is 1. The molecule has 2 aromatic carbocycles. The van der Waals surface area contributed by atoms with Crippen LogP contribution in [0.2, 0.25) is 0 Å². The van der Waals surface area contributed by atoms with E-state index in [1.54, 1.807) is 0 Å². The predicted octanol–water partition coefficient (Wildman–Crippen LogP) is 3.17. The largest absolute Gasteiger partial charge is 0.493 e. The molecule has 0 spiro atoms. The molecule has 1 saturated heterocycles. The molecule has 0 bridgehead atoms. The van der Waals surface area contributed by atoms with Crippen LogP contribution in [0, 0.1) is 17.2 Å². The maximum absolute atomic E-state index is 11.1. The zero-order valence-electron chi connectivity index (χ0n) is 15.4. The van der Waals surface area contributed by atoms with Gasteiger partial charge in [-0.15, -0.1) is 0 Å². The fraction of sp³-hybridized carbons (Fsp3) is 0.364. The third-order valence-corrected chi connectivity index (χ3v) is 5.50. The third-order valence-electron chi connectivity index (χ3n) is 5.50. The van der Waals surface area contributed by atoms with Crippen LogP contribution in [0.25, 0.3) is 0 Å². The van der Waals surface area contributed by atoms with Crippen LogP contribution in [0.4, 0.5) is 5.69 Å². The van der Waals surface area contributed by atoms with Gasteiger partial charge in [0.2, 0.25) is 5.91 Å². The van der Waals surface area contributed by atoms with Crippen LogP contribution in [-0.4, -0.2) is 37.0 Å². The number of amides is 1. The average molecular weight is 361 g/mol. The molecule has 2 aliphatic heterocycles. The van der Waals surface area contributed by atoms with E-state index in [0.29, 0.717) is 17.4 Å². The number of nitrogens with one attached hydrogen (secondary N) is 1. The van der Waals surface area contributed by atoms with Gasteiger partial charge in [0.05, 0.1) is 18.2 Å². The van der Waals surface area contributed by atoms with E-state index in [9.17, 15) is 10.1 Å². The first-order valence-electron chi connectivity index (χ1n) is 9.38. The standard InChI is InChI=1S/C22H23N3O2/c1-15(26)24-19-5-2-16(3-6-19)8-9-25-12-18-14-27-22-7-4-17(11-23)10-20(22)21(18)13-25/h2-7,10,18,21H,8-9,12-14H2,1H3,(H,24,26)/t18-,21+/m0/s1. The highest BCUT2D eigenvalue weighted by atomic mass is 16.5.